The van der Waals surface area contributed by atoms with Crippen LogP contribution in [0.15, 0.2) is 36.4 Å². The zero-order chi connectivity index (χ0) is 23.4. The Morgan fingerprint density at radius 3 is 2.55 bits per heavy atom. The van der Waals surface area contributed by atoms with Gasteiger partial charge < -0.3 is 10.7 Å². The molecule has 2 fully saturated rings. The van der Waals surface area contributed by atoms with Crippen molar-refractivity contribution < 1.29 is 13.2 Å². The fraction of sp³-hybridized carbons (Fsp3) is 0.519. The van der Waals surface area contributed by atoms with Crippen LogP contribution >= 0.6 is 0 Å². The summed E-state index contributed by atoms with van der Waals surface area (Å²) in [6.07, 6.45) is 5.28. The molecule has 1 atom stereocenters. The Kier molecular flexibility index (Phi) is 7.55. The molecule has 0 bridgehead atoms. The van der Waals surface area contributed by atoms with E-state index in [1.807, 2.05) is 12.1 Å². The molecule has 0 unspecified atom stereocenters. The van der Waals surface area contributed by atoms with Crippen LogP contribution in [0.2, 0.25) is 0 Å². The first kappa shape index (κ1) is 24.0. The first-order chi connectivity index (χ1) is 15.8. The minimum atomic E-state index is -2.48. The summed E-state index contributed by atoms with van der Waals surface area (Å²) >= 11 is 0. The highest BCUT2D eigenvalue weighted by atomic mass is 19.3. The molecule has 1 heterocycles. The molecule has 178 valence electrons. The predicted molar refractivity (Wildman–Crippen MR) is 127 cm³/mol. The second-order valence-corrected chi connectivity index (χ2v) is 9.73. The van der Waals surface area contributed by atoms with Gasteiger partial charge in [-0.3, -0.25) is 4.90 Å². The maximum absolute atomic E-state index is 13.3. The van der Waals surface area contributed by atoms with Gasteiger partial charge in [0.15, 0.2) is 0 Å². The van der Waals surface area contributed by atoms with Gasteiger partial charge in [0.2, 0.25) is 5.92 Å². The third-order valence-corrected chi connectivity index (χ3v) is 7.14. The zero-order valence-corrected chi connectivity index (χ0v) is 19.3. The standard InChI is InChI=1S/C27H34F3N3/c1-19-12-22(5-3-2-4-20-6-8-24(28)9-7-20)23(16-31)13-25(19)26-17-32-10-11-33(26)18-21-14-27(29,30)15-21/h6-9,12-13,16,21,26,31-32H,2-5,10-11,14-15,17-18H2,1H3/t26-/m0/s1. The number of nitrogens with one attached hydrogen (secondary N) is 2. The van der Waals surface area contributed by atoms with E-state index in [4.69, 9.17) is 5.41 Å². The van der Waals surface area contributed by atoms with Crippen LogP contribution in [-0.4, -0.2) is 43.2 Å². The highest BCUT2D eigenvalue weighted by Crippen LogP contribution is 2.43. The quantitative estimate of drug-likeness (QED) is 0.375. The van der Waals surface area contributed by atoms with Gasteiger partial charge in [0, 0.05) is 51.3 Å². The average Bonchev–Trinajstić information content (AvgIpc) is 2.77. The number of benzene rings is 2. The molecule has 2 N–H and O–H groups in total. The fourth-order valence-electron chi connectivity index (χ4n) is 5.32. The Morgan fingerprint density at radius 1 is 1.12 bits per heavy atom. The van der Waals surface area contributed by atoms with E-state index in [0.29, 0.717) is 6.54 Å². The van der Waals surface area contributed by atoms with Gasteiger partial charge in [-0.05, 0) is 84.5 Å². The van der Waals surface area contributed by atoms with Crippen LogP contribution in [0.25, 0.3) is 0 Å². The van der Waals surface area contributed by atoms with E-state index in [9.17, 15) is 13.2 Å². The smallest absolute Gasteiger partial charge is 0.248 e. The van der Waals surface area contributed by atoms with Crippen LogP contribution in [-0.2, 0) is 12.8 Å². The van der Waals surface area contributed by atoms with Gasteiger partial charge in [0.25, 0.3) is 0 Å². The van der Waals surface area contributed by atoms with Crippen LogP contribution in [0.1, 0.15) is 59.5 Å². The Morgan fingerprint density at radius 2 is 1.85 bits per heavy atom. The van der Waals surface area contributed by atoms with E-state index in [1.54, 1.807) is 0 Å². The summed E-state index contributed by atoms with van der Waals surface area (Å²) in [6.45, 7) is 5.37. The van der Waals surface area contributed by atoms with Crippen LogP contribution in [0, 0.1) is 24.1 Å². The lowest BCUT2D eigenvalue weighted by Gasteiger charge is -2.43. The maximum atomic E-state index is 13.3. The molecule has 0 radical (unpaired) electrons. The average molecular weight is 458 g/mol. The van der Waals surface area contributed by atoms with E-state index in [2.05, 4.69) is 29.3 Å². The molecule has 0 spiro atoms. The van der Waals surface area contributed by atoms with E-state index < -0.39 is 5.92 Å². The Balaban J connectivity index is 1.40. The first-order valence-electron chi connectivity index (χ1n) is 12.1. The molecule has 1 saturated heterocycles. The van der Waals surface area contributed by atoms with Gasteiger partial charge >= 0.3 is 0 Å². The molecule has 2 aromatic carbocycles. The summed E-state index contributed by atoms with van der Waals surface area (Å²) in [5.74, 6) is -2.61. The van der Waals surface area contributed by atoms with Crippen molar-refractivity contribution in [3.8, 4) is 0 Å². The second-order valence-electron chi connectivity index (χ2n) is 9.73. The summed E-state index contributed by atoms with van der Waals surface area (Å²) in [7, 11) is 0. The largest absolute Gasteiger partial charge is 0.314 e. The lowest BCUT2D eigenvalue weighted by molar-refractivity contribution is -0.119. The van der Waals surface area contributed by atoms with Crippen LogP contribution in [0.4, 0.5) is 13.2 Å². The van der Waals surface area contributed by atoms with Crippen molar-refractivity contribution in [3.63, 3.8) is 0 Å². The van der Waals surface area contributed by atoms with Gasteiger partial charge in [-0.2, -0.15) is 0 Å². The molecular weight excluding hydrogens is 423 g/mol. The molecule has 6 heteroatoms. The van der Waals surface area contributed by atoms with Crippen molar-refractivity contribution in [1.29, 1.82) is 5.41 Å². The summed E-state index contributed by atoms with van der Waals surface area (Å²) in [5.41, 5.74) is 5.66. The lowest BCUT2D eigenvalue weighted by atomic mass is 9.80. The minimum Gasteiger partial charge on any atom is -0.314 e. The highest BCUT2D eigenvalue weighted by molar-refractivity contribution is 5.80. The Bertz CT molecular complexity index is 950. The summed E-state index contributed by atoms with van der Waals surface area (Å²) in [5, 5.41) is 11.4. The van der Waals surface area contributed by atoms with Crippen molar-refractivity contribution in [1.82, 2.24) is 10.2 Å². The SMILES string of the molecule is Cc1cc(CCCCc2ccc(F)cc2)c(C=N)cc1[C@@H]1CNCCN1CC1CC(F)(F)C1. The van der Waals surface area contributed by atoms with Gasteiger partial charge in [0.1, 0.15) is 5.82 Å². The van der Waals surface area contributed by atoms with E-state index in [-0.39, 0.29) is 30.6 Å². The van der Waals surface area contributed by atoms with Crippen LogP contribution in [0.3, 0.4) is 0 Å². The molecule has 1 aliphatic heterocycles. The first-order valence-corrected chi connectivity index (χ1v) is 12.1. The number of aryl methyl sites for hydroxylation is 3. The molecular formula is C27H34F3N3. The van der Waals surface area contributed by atoms with Crippen molar-refractivity contribution in [2.45, 2.75) is 57.4 Å². The van der Waals surface area contributed by atoms with Crippen LogP contribution < -0.4 is 5.32 Å². The summed E-state index contributed by atoms with van der Waals surface area (Å²) < 4.78 is 39.7. The van der Waals surface area contributed by atoms with Gasteiger partial charge in [-0.15, -0.1) is 0 Å². The number of alkyl halides is 2. The molecule has 1 aliphatic carbocycles. The molecule has 2 aromatic rings. The number of nitrogens with zero attached hydrogens (tertiary/aromatic N) is 1. The number of halogens is 3. The summed E-state index contributed by atoms with van der Waals surface area (Å²) in [6, 6.07) is 11.2. The molecule has 0 aromatic heterocycles. The number of hydrogen-bond acceptors (Lipinski definition) is 3. The van der Waals surface area contributed by atoms with Gasteiger partial charge in [-0.1, -0.05) is 18.2 Å². The molecule has 1 saturated carbocycles. The molecule has 0 amide bonds. The third kappa shape index (κ3) is 6.04. The lowest BCUT2D eigenvalue weighted by Crippen LogP contribution is -2.50. The highest BCUT2D eigenvalue weighted by Gasteiger charge is 2.46. The second kappa shape index (κ2) is 10.4. The normalized spacial score (nSPS) is 21.0. The monoisotopic (exact) mass is 457 g/mol. The number of hydrogen-bond donors (Lipinski definition) is 2. The number of unbranched alkanes of at least 4 members (excludes halogenated alkanes) is 1. The zero-order valence-electron chi connectivity index (χ0n) is 19.3. The fourth-order valence-corrected chi connectivity index (χ4v) is 5.32. The topological polar surface area (TPSA) is 39.1 Å². The predicted octanol–water partition coefficient (Wildman–Crippen LogP) is 5.69. The Hall–Kier alpha value is -2.18. The number of rotatable bonds is 9. The van der Waals surface area contributed by atoms with E-state index >= 15 is 0 Å². The van der Waals surface area contributed by atoms with Gasteiger partial charge in [-0.25, -0.2) is 13.2 Å². The maximum Gasteiger partial charge on any atom is 0.248 e. The number of piperazine rings is 1. The van der Waals surface area contributed by atoms with Crippen molar-refractivity contribution in [2.24, 2.45) is 5.92 Å². The summed E-state index contributed by atoms with van der Waals surface area (Å²) in [4.78, 5) is 2.36. The van der Waals surface area contributed by atoms with Crippen LogP contribution in [0.5, 0.6) is 0 Å². The third-order valence-electron chi connectivity index (χ3n) is 7.14. The van der Waals surface area contributed by atoms with E-state index in [1.165, 1.54) is 35.0 Å². The van der Waals surface area contributed by atoms with Gasteiger partial charge in [0.05, 0.1) is 0 Å². The molecule has 3 nitrogen and oxygen atoms in total. The van der Waals surface area contributed by atoms with Crippen molar-refractivity contribution in [3.05, 3.63) is 70.0 Å². The molecule has 2 aliphatic rings. The Labute approximate surface area is 194 Å². The van der Waals surface area contributed by atoms with E-state index in [0.717, 1.165) is 56.4 Å². The van der Waals surface area contributed by atoms with Crippen molar-refractivity contribution >= 4 is 6.21 Å². The van der Waals surface area contributed by atoms with Crippen molar-refractivity contribution in [2.75, 3.05) is 26.2 Å². The minimum absolute atomic E-state index is 0.00520. The molecule has 4 rings (SSSR count). The molecule has 33 heavy (non-hydrogen) atoms.